The third-order valence-electron chi connectivity index (χ3n) is 2.47. The van der Waals surface area contributed by atoms with Crippen LogP contribution in [-0.4, -0.2) is 4.98 Å². The molecule has 1 heterocycles. The van der Waals surface area contributed by atoms with Gasteiger partial charge in [0.1, 0.15) is 0 Å². The molecule has 2 rings (SSSR count). The van der Waals surface area contributed by atoms with E-state index < -0.39 is 0 Å². The SMILES string of the molecule is Cc1cccc(C(N)c2ccc(Cl)cn2)c1. The van der Waals surface area contributed by atoms with Gasteiger partial charge in [-0.05, 0) is 24.6 Å². The maximum atomic E-state index is 6.13. The molecule has 0 aliphatic rings. The fourth-order valence-corrected chi connectivity index (χ4v) is 1.72. The smallest absolute Gasteiger partial charge is 0.0726 e. The summed E-state index contributed by atoms with van der Waals surface area (Å²) in [5.41, 5.74) is 9.22. The molecule has 0 saturated heterocycles. The summed E-state index contributed by atoms with van der Waals surface area (Å²) in [5, 5.41) is 0.625. The van der Waals surface area contributed by atoms with Crippen molar-refractivity contribution < 1.29 is 0 Å². The highest BCUT2D eigenvalue weighted by molar-refractivity contribution is 6.30. The van der Waals surface area contributed by atoms with E-state index in [9.17, 15) is 0 Å². The van der Waals surface area contributed by atoms with Gasteiger partial charge in [-0.15, -0.1) is 0 Å². The van der Waals surface area contributed by atoms with Crippen molar-refractivity contribution in [1.29, 1.82) is 0 Å². The van der Waals surface area contributed by atoms with E-state index in [0.717, 1.165) is 11.3 Å². The van der Waals surface area contributed by atoms with Crippen molar-refractivity contribution in [1.82, 2.24) is 4.98 Å². The van der Waals surface area contributed by atoms with Gasteiger partial charge in [-0.3, -0.25) is 4.98 Å². The van der Waals surface area contributed by atoms with Gasteiger partial charge in [0, 0.05) is 6.20 Å². The van der Waals surface area contributed by atoms with Gasteiger partial charge in [0.25, 0.3) is 0 Å². The number of rotatable bonds is 2. The number of aryl methyl sites for hydroxylation is 1. The summed E-state index contributed by atoms with van der Waals surface area (Å²) in [5.74, 6) is 0. The summed E-state index contributed by atoms with van der Waals surface area (Å²) < 4.78 is 0. The Morgan fingerprint density at radius 2 is 2.06 bits per heavy atom. The minimum atomic E-state index is -0.197. The second kappa shape index (κ2) is 4.64. The zero-order valence-corrected chi connectivity index (χ0v) is 9.78. The first-order valence-corrected chi connectivity index (χ1v) is 5.48. The van der Waals surface area contributed by atoms with E-state index in [2.05, 4.69) is 11.1 Å². The Kier molecular flexibility index (Phi) is 3.22. The summed E-state index contributed by atoms with van der Waals surface area (Å²) in [6.45, 7) is 2.05. The van der Waals surface area contributed by atoms with Crippen LogP contribution in [0.1, 0.15) is 22.9 Å². The summed E-state index contributed by atoms with van der Waals surface area (Å²) in [6, 6.07) is 11.6. The molecular formula is C13H13ClN2. The Morgan fingerprint density at radius 1 is 1.25 bits per heavy atom. The summed E-state index contributed by atoms with van der Waals surface area (Å²) >= 11 is 5.78. The molecule has 1 aromatic heterocycles. The van der Waals surface area contributed by atoms with Crippen LogP contribution in [0.2, 0.25) is 5.02 Å². The molecule has 2 aromatic rings. The largest absolute Gasteiger partial charge is 0.319 e. The molecule has 0 amide bonds. The molecule has 0 fully saturated rings. The first-order chi connectivity index (χ1) is 7.66. The molecular weight excluding hydrogens is 220 g/mol. The van der Waals surface area contributed by atoms with Crippen molar-refractivity contribution in [2.75, 3.05) is 0 Å². The molecule has 82 valence electrons. The fraction of sp³-hybridized carbons (Fsp3) is 0.154. The summed E-state index contributed by atoms with van der Waals surface area (Å²) in [7, 11) is 0. The van der Waals surface area contributed by atoms with Gasteiger partial charge >= 0.3 is 0 Å². The average molecular weight is 233 g/mol. The summed E-state index contributed by atoms with van der Waals surface area (Å²) in [6.07, 6.45) is 1.62. The monoisotopic (exact) mass is 232 g/mol. The molecule has 1 aromatic carbocycles. The van der Waals surface area contributed by atoms with Crippen LogP contribution in [0.5, 0.6) is 0 Å². The van der Waals surface area contributed by atoms with Gasteiger partial charge in [-0.25, -0.2) is 0 Å². The lowest BCUT2D eigenvalue weighted by atomic mass is 10.0. The fourth-order valence-electron chi connectivity index (χ4n) is 1.61. The highest BCUT2D eigenvalue weighted by Gasteiger charge is 2.09. The third kappa shape index (κ3) is 2.40. The Labute approximate surface area is 100 Å². The predicted molar refractivity (Wildman–Crippen MR) is 66.5 cm³/mol. The first-order valence-electron chi connectivity index (χ1n) is 5.10. The second-order valence-corrected chi connectivity index (χ2v) is 4.23. The van der Waals surface area contributed by atoms with E-state index in [1.165, 1.54) is 5.56 Å². The Bertz CT molecular complexity index is 480. The van der Waals surface area contributed by atoms with E-state index in [1.54, 1.807) is 12.3 Å². The van der Waals surface area contributed by atoms with Gasteiger partial charge in [0.15, 0.2) is 0 Å². The molecule has 16 heavy (non-hydrogen) atoms. The molecule has 0 aliphatic heterocycles. The standard InChI is InChI=1S/C13H13ClN2/c1-9-3-2-4-10(7-9)13(15)12-6-5-11(14)8-16-12/h2-8,13H,15H2,1H3. The van der Waals surface area contributed by atoms with E-state index >= 15 is 0 Å². The molecule has 0 radical (unpaired) electrons. The zero-order valence-electron chi connectivity index (χ0n) is 9.02. The van der Waals surface area contributed by atoms with E-state index in [4.69, 9.17) is 17.3 Å². The average Bonchev–Trinajstić information content (AvgIpc) is 2.29. The lowest BCUT2D eigenvalue weighted by Gasteiger charge is -2.12. The minimum Gasteiger partial charge on any atom is -0.319 e. The summed E-state index contributed by atoms with van der Waals surface area (Å²) in [4.78, 5) is 4.23. The maximum absolute atomic E-state index is 6.13. The molecule has 2 nitrogen and oxygen atoms in total. The topological polar surface area (TPSA) is 38.9 Å². The quantitative estimate of drug-likeness (QED) is 0.864. The van der Waals surface area contributed by atoms with Crippen LogP contribution < -0.4 is 5.73 Å². The van der Waals surface area contributed by atoms with Crippen molar-refractivity contribution in [3.05, 3.63) is 64.4 Å². The number of hydrogen-bond donors (Lipinski definition) is 1. The van der Waals surface area contributed by atoms with E-state index in [-0.39, 0.29) is 6.04 Å². The molecule has 0 aliphatic carbocycles. The zero-order chi connectivity index (χ0) is 11.5. The number of benzene rings is 1. The van der Waals surface area contributed by atoms with Gasteiger partial charge in [0.2, 0.25) is 0 Å². The van der Waals surface area contributed by atoms with E-state index in [1.807, 2.05) is 31.2 Å². The molecule has 0 bridgehead atoms. The number of nitrogens with zero attached hydrogens (tertiary/aromatic N) is 1. The predicted octanol–water partition coefficient (Wildman–Crippen LogP) is 3.09. The van der Waals surface area contributed by atoms with Crippen LogP contribution in [0.4, 0.5) is 0 Å². The lowest BCUT2D eigenvalue weighted by molar-refractivity contribution is 0.828. The number of halogens is 1. The number of pyridine rings is 1. The first kappa shape index (κ1) is 11.1. The van der Waals surface area contributed by atoms with Gasteiger partial charge in [0.05, 0.1) is 16.8 Å². The molecule has 1 atom stereocenters. The number of hydrogen-bond acceptors (Lipinski definition) is 2. The van der Waals surface area contributed by atoms with Crippen LogP contribution in [0.25, 0.3) is 0 Å². The Balaban J connectivity index is 2.31. The normalized spacial score (nSPS) is 12.4. The van der Waals surface area contributed by atoms with Crippen LogP contribution in [0.15, 0.2) is 42.6 Å². The Morgan fingerprint density at radius 3 is 2.69 bits per heavy atom. The van der Waals surface area contributed by atoms with Crippen molar-refractivity contribution in [2.24, 2.45) is 5.73 Å². The Hall–Kier alpha value is -1.38. The molecule has 2 N–H and O–H groups in total. The molecule has 1 unspecified atom stereocenters. The molecule has 0 spiro atoms. The van der Waals surface area contributed by atoms with Crippen molar-refractivity contribution >= 4 is 11.6 Å². The van der Waals surface area contributed by atoms with Gasteiger partial charge in [-0.2, -0.15) is 0 Å². The highest BCUT2D eigenvalue weighted by Crippen LogP contribution is 2.19. The van der Waals surface area contributed by atoms with Crippen LogP contribution in [0.3, 0.4) is 0 Å². The van der Waals surface area contributed by atoms with Gasteiger partial charge < -0.3 is 5.73 Å². The van der Waals surface area contributed by atoms with Crippen molar-refractivity contribution in [2.45, 2.75) is 13.0 Å². The van der Waals surface area contributed by atoms with Crippen molar-refractivity contribution in [3.63, 3.8) is 0 Å². The van der Waals surface area contributed by atoms with Crippen LogP contribution >= 0.6 is 11.6 Å². The minimum absolute atomic E-state index is 0.197. The lowest BCUT2D eigenvalue weighted by Crippen LogP contribution is -2.13. The molecule has 3 heteroatoms. The number of aromatic nitrogens is 1. The van der Waals surface area contributed by atoms with Crippen molar-refractivity contribution in [3.8, 4) is 0 Å². The third-order valence-corrected chi connectivity index (χ3v) is 2.69. The van der Waals surface area contributed by atoms with Crippen LogP contribution in [-0.2, 0) is 0 Å². The van der Waals surface area contributed by atoms with Crippen LogP contribution in [0, 0.1) is 6.92 Å². The van der Waals surface area contributed by atoms with E-state index in [0.29, 0.717) is 5.02 Å². The highest BCUT2D eigenvalue weighted by atomic mass is 35.5. The number of nitrogens with two attached hydrogens (primary N) is 1. The van der Waals surface area contributed by atoms with Gasteiger partial charge in [-0.1, -0.05) is 41.4 Å². The second-order valence-electron chi connectivity index (χ2n) is 3.79. The maximum Gasteiger partial charge on any atom is 0.0726 e. The molecule has 0 saturated carbocycles.